The van der Waals surface area contributed by atoms with E-state index in [-0.39, 0.29) is 0 Å². The van der Waals surface area contributed by atoms with Gasteiger partial charge in [-0.05, 0) is 24.8 Å². The Hall–Kier alpha value is -2.28. The van der Waals surface area contributed by atoms with Crippen LogP contribution in [0.5, 0.6) is 0 Å². The number of nitrogens with zero attached hydrogens (tertiary/aromatic N) is 1. The van der Waals surface area contributed by atoms with Crippen LogP contribution in [0.15, 0.2) is 30.3 Å². The highest BCUT2D eigenvalue weighted by molar-refractivity contribution is 5.67. The number of hydrogen-bond donors (Lipinski definition) is 2. The number of carbonyl (C=O) groups is 2. The third-order valence-electron chi connectivity index (χ3n) is 3.88. The summed E-state index contributed by atoms with van der Waals surface area (Å²) in [6.45, 7) is 7.76. The molecule has 0 aliphatic carbocycles. The Kier molecular flexibility index (Phi) is 12.5. The number of benzene rings is 1. The van der Waals surface area contributed by atoms with E-state index in [1.54, 1.807) is 0 Å². The first-order valence-corrected chi connectivity index (χ1v) is 9.73. The predicted molar refractivity (Wildman–Crippen MR) is 106 cm³/mol. The second kappa shape index (κ2) is 14.8. The van der Waals surface area contributed by atoms with Crippen LogP contribution in [-0.2, 0) is 15.9 Å². The summed E-state index contributed by atoms with van der Waals surface area (Å²) in [6, 6.07) is 10.2. The van der Waals surface area contributed by atoms with E-state index in [2.05, 4.69) is 27.7 Å². The summed E-state index contributed by atoms with van der Waals surface area (Å²) in [4.78, 5) is 25.2. The molecule has 0 atom stereocenters. The molecule has 0 saturated heterocycles. The number of carbonyl (C=O) groups excluding carboxylic acids is 2. The lowest BCUT2D eigenvalue weighted by molar-refractivity contribution is 0.107. The molecule has 0 aliphatic heterocycles. The second-order valence-corrected chi connectivity index (χ2v) is 6.20. The average molecular weight is 380 g/mol. The molecule has 7 nitrogen and oxygen atoms in total. The summed E-state index contributed by atoms with van der Waals surface area (Å²) < 4.78 is 10.4. The molecular formula is C20H33N3O4. The van der Waals surface area contributed by atoms with Crippen molar-refractivity contribution in [3.8, 4) is 0 Å². The lowest BCUT2D eigenvalue weighted by atomic mass is 10.1. The minimum Gasteiger partial charge on any atom is -0.448 e. The molecule has 152 valence electrons. The summed E-state index contributed by atoms with van der Waals surface area (Å²) in [5.41, 5.74) is 1.24. The smallest absolute Gasteiger partial charge is 0.407 e. The summed E-state index contributed by atoms with van der Waals surface area (Å²) >= 11 is 0. The molecule has 0 unspecified atom stereocenters. The zero-order valence-corrected chi connectivity index (χ0v) is 16.5. The number of alkyl carbamates (subject to hydrolysis) is 2. The minimum atomic E-state index is -0.393. The maximum absolute atomic E-state index is 11.5. The Balaban J connectivity index is 2.38. The van der Waals surface area contributed by atoms with Gasteiger partial charge in [0.15, 0.2) is 0 Å². The van der Waals surface area contributed by atoms with E-state index in [1.165, 1.54) is 5.56 Å². The Bertz CT molecular complexity index is 499. The van der Waals surface area contributed by atoms with Crippen LogP contribution >= 0.6 is 0 Å². The van der Waals surface area contributed by atoms with Gasteiger partial charge < -0.3 is 20.1 Å². The number of rotatable bonds is 13. The highest BCUT2D eigenvalue weighted by Crippen LogP contribution is 2.02. The summed E-state index contributed by atoms with van der Waals surface area (Å²) in [5, 5.41) is 5.37. The van der Waals surface area contributed by atoms with Crippen LogP contribution in [0.25, 0.3) is 0 Å². The quantitative estimate of drug-likeness (QED) is 0.551. The van der Waals surface area contributed by atoms with E-state index in [4.69, 9.17) is 9.47 Å². The van der Waals surface area contributed by atoms with Crippen molar-refractivity contribution in [2.75, 3.05) is 45.9 Å². The molecular weight excluding hydrogens is 346 g/mol. The van der Waals surface area contributed by atoms with E-state index < -0.39 is 12.2 Å². The largest absolute Gasteiger partial charge is 0.448 e. The molecule has 0 fully saturated rings. The Labute approximate surface area is 162 Å². The van der Waals surface area contributed by atoms with Crippen molar-refractivity contribution in [1.29, 1.82) is 0 Å². The fourth-order valence-electron chi connectivity index (χ4n) is 2.36. The third-order valence-corrected chi connectivity index (χ3v) is 3.88. The number of hydrogen-bond acceptors (Lipinski definition) is 5. The second-order valence-electron chi connectivity index (χ2n) is 6.20. The van der Waals surface area contributed by atoms with Gasteiger partial charge >= 0.3 is 12.2 Å². The van der Waals surface area contributed by atoms with Gasteiger partial charge in [0.2, 0.25) is 0 Å². The first kappa shape index (κ1) is 22.8. The van der Waals surface area contributed by atoms with E-state index in [0.717, 1.165) is 25.8 Å². The lowest BCUT2D eigenvalue weighted by Crippen LogP contribution is -2.36. The monoisotopic (exact) mass is 379 g/mol. The summed E-state index contributed by atoms with van der Waals surface area (Å²) in [7, 11) is 0. The first-order valence-electron chi connectivity index (χ1n) is 9.73. The van der Waals surface area contributed by atoms with Crippen LogP contribution in [-0.4, -0.2) is 63.0 Å². The van der Waals surface area contributed by atoms with Gasteiger partial charge in [0.25, 0.3) is 0 Å². The molecule has 0 aliphatic rings. The molecule has 1 aromatic rings. The van der Waals surface area contributed by atoms with E-state index in [1.807, 2.05) is 32.0 Å². The Morgan fingerprint density at radius 1 is 0.852 bits per heavy atom. The van der Waals surface area contributed by atoms with Crippen LogP contribution in [0, 0.1) is 0 Å². The molecule has 27 heavy (non-hydrogen) atoms. The molecule has 0 heterocycles. The number of amides is 2. The molecule has 2 N–H and O–H groups in total. The van der Waals surface area contributed by atoms with Gasteiger partial charge in [-0.15, -0.1) is 0 Å². The molecule has 1 aromatic carbocycles. The fourth-order valence-corrected chi connectivity index (χ4v) is 2.36. The van der Waals surface area contributed by atoms with Crippen molar-refractivity contribution in [2.45, 2.75) is 33.1 Å². The normalized spacial score (nSPS) is 10.5. The van der Waals surface area contributed by atoms with Crippen molar-refractivity contribution in [2.24, 2.45) is 0 Å². The zero-order chi connectivity index (χ0) is 19.7. The van der Waals surface area contributed by atoms with Gasteiger partial charge in [-0.3, -0.25) is 4.90 Å². The minimum absolute atomic E-state index is 0.298. The van der Waals surface area contributed by atoms with Crippen molar-refractivity contribution < 1.29 is 19.1 Å². The Morgan fingerprint density at radius 2 is 1.37 bits per heavy atom. The van der Waals surface area contributed by atoms with Crippen LogP contribution in [0.3, 0.4) is 0 Å². The van der Waals surface area contributed by atoms with Gasteiger partial charge in [-0.2, -0.15) is 0 Å². The maximum atomic E-state index is 11.5. The van der Waals surface area contributed by atoms with Gasteiger partial charge in [0.1, 0.15) is 13.2 Å². The van der Waals surface area contributed by atoms with Crippen LogP contribution in [0.1, 0.15) is 32.3 Å². The predicted octanol–water partition coefficient (Wildman–Crippen LogP) is 2.80. The molecule has 7 heteroatoms. The zero-order valence-electron chi connectivity index (χ0n) is 16.5. The molecule has 0 radical (unpaired) electrons. The third kappa shape index (κ3) is 11.9. The average Bonchev–Trinajstić information content (AvgIpc) is 2.69. The van der Waals surface area contributed by atoms with Crippen molar-refractivity contribution in [3.05, 3.63) is 35.9 Å². The van der Waals surface area contributed by atoms with Crippen molar-refractivity contribution in [3.63, 3.8) is 0 Å². The van der Waals surface area contributed by atoms with E-state index in [0.29, 0.717) is 39.4 Å². The Morgan fingerprint density at radius 3 is 1.85 bits per heavy atom. The van der Waals surface area contributed by atoms with Crippen LogP contribution < -0.4 is 10.6 Å². The maximum Gasteiger partial charge on any atom is 0.407 e. The first-order chi connectivity index (χ1) is 13.2. The van der Waals surface area contributed by atoms with Gasteiger partial charge in [-0.25, -0.2) is 9.59 Å². The molecule has 0 spiro atoms. The van der Waals surface area contributed by atoms with Crippen LogP contribution in [0.4, 0.5) is 9.59 Å². The standard InChI is InChI=1S/C20H33N3O4/c1-3-11-21-19(24)26-16-14-23(13-10-18-8-6-5-7-9-18)15-17-27-20(25)22-12-4-2/h5-9H,3-4,10-17H2,1-2H3,(H,21,24)(H,22,25). The molecule has 0 aromatic heterocycles. The molecule has 1 rings (SSSR count). The molecule has 0 bridgehead atoms. The van der Waals surface area contributed by atoms with Crippen molar-refractivity contribution >= 4 is 12.2 Å². The number of ether oxygens (including phenoxy) is 2. The highest BCUT2D eigenvalue weighted by atomic mass is 16.6. The van der Waals surface area contributed by atoms with Gasteiger partial charge in [0, 0.05) is 32.7 Å². The van der Waals surface area contributed by atoms with E-state index >= 15 is 0 Å². The van der Waals surface area contributed by atoms with Crippen molar-refractivity contribution in [1.82, 2.24) is 15.5 Å². The summed E-state index contributed by atoms with van der Waals surface area (Å²) in [6.07, 6.45) is 1.83. The van der Waals surface area contributed by atoms with Crippen LogP contribution in [0.2, 0.25) is 0 Å². The fraction of sp³-hybridized carbons (Fsp3) is 0.600. The van der Waals surface area contributed by atoms with Gasteiger partial charge in [-0.1, -0.05) is 44.2 Å². The topological polar surface area (TPSA) is 79.9 Å². The number of nitrogens with one attached hydrogen (secondary N) is 2. The SMILES string of the molecule is CCCNC(=O)OCCN(CCOC(=O)NCCC)CCc1ccccc1. The summed E-state index contributed by atoms with van der Waals surface area (Å²) in [5.74, 6) is 0. The van der Waals surface area contributed by atoms with E-state index in [9.17, 15) is 9.59 Å². The highest BCUT2D eigenvalue weighted by Gasteiger charge is 2.09. The molecule has 2 amide bonds. The molecule has 0 saturated carbocycles. The lowest BCUT2D eigenvalue weighted by Gasteiger charge is -2.22. The van der Waals surface area contributed by atoms with Gasteiger partial charge in [0.05, 0.1) is 0 Å².